The molecule has 0 saturated carbocycles. The zero-order valence-electron chi connectivity index (χ0n) is 14.0. The highest BCUT2D eigenvalue weighted by molar-refractivity contribution is 5.43. The smallest absolute Gasteiger partial charge is 0.129 e. The molecule has 1 aromatic rings. The topological polar surface area (TPSA) is 37.4 Å². The fourth-order valence-electron chi connectivity index (χ4n) is 2.56. The summed E-state index contributed by atoms with van der Waals surface area (Å²) in [5, 5.41) is 3.53. The third kappa shape index (κ3) is 4.68. The normalized spacial score (nSPS) is 23.4. The van der Waals surface area contributed by atoms with Crippen molar-refractivity contribution in [2.45, 2.75) is 65.3 Å². The molecule has 1 fully saturated rings. The van der Waals surface area contributed by atoms with E-state index in [-0.39, 0.29) is 11.6 Å². The van der Waals surface area contributed by atoms with Gasteiger partial charge in [0.1, 0.15) is 5.82 Å². The lowest BCUT2D eigenvalue weighted by atomic mass is 10.1. The molecule has 2 atom stereocenters. The highest BCUT2D eigenvalue weighted by atomic mass is 16.5. The van der Waals surface area contributed by atoms with Gasteiger partial charge in [-0.15, -0.1) is 0 Å². The highest BCUT2D eigenvalue weighted by Gasteiger charge is 2.26. The lowest BCUT2D eigenvalue weighted by molar-refractivity contribution is 0.0296. The van der Waals surface area contributed by atoms with Crippen LogP contribution in [0.4, 0.5) is 5.82 Å². The summed E-state index contributed by atoms with van der Waals surface area (Å²) < 4.78 is 5.77. The van der Waals surface area contributed by atoms with Crippen molar-refractivity contribution < 1.29 is 4.74 Å². The van der Waals surface area contributed by atoms with Gasteiger partial charge in [0.15, 0.2) is 0 Å². The largest absolute Gasteiger partial charge is 0.375 e. The summed E-state index contributed by atoms with van der Waals surface area (Å²) in [6, 6.07) is 4.73. The van der Waals surface area contributed by atoms with Crippen molar-refractivity contribution in [3.63, 3.8) is 0 Å². The van der Waals surface area contributed by atoms with Gasteiger partial charge >= 0.3 is 0 Å². The first-order valence-electron chi connectivity index (χ1n) is 7.97. The van der Waals surface area contributed by atoms with Gasteiger partial charge in [-0.3, -0.25) is 0 Å². The van der Waals surface area contributed by atoms with E-state index in [1.54, 1.807) is 0 Å². The van der Waals surface area contributed by atoms with Gasteiger partial charge in [-0.05, 0) is 51.8 Å². The number of ether oxygens (including phenoxy) is 1. The third-order valence-corrected chi connectivity index (χ3v) is 3.87. The Morgan fingerprint density at radius 2 is 2.19 bits per heavy atom. The van der Waals surface area contributed by atoms with Gasteiger partial charge in [0, 0.05) is 24.8 Å². The van der Waals surface area contributed by atoms with Crippen molar-refractivity contribution in [3.05, 3.63) is 23.9 Å². The van der Waals surface area contributed by atoms with Gasteiger partial charge in [0.25, 0.3) is 0 Å². The maximum atomic E-state index is 5.77. The lowest BCUT2D eigenvalue weighted by Gasteiger charge is -2.39. The van der Waals surface area contributed by atoms with E-state index in [0.29, 0.717) is 6.04 Å². The first-order valence-corrected chi connectivity index (χ1v) is 7.97. The maximum absolute atomic E-state index is 5.77. The van der Waals surface area contributed by atoms with E-state index in [1.165, 1.54) is 5.56 Å². The Kier molecular flexibility index (Phi) is 5.22. The minimum absolute atomic E-state index is 0.128. The standard InChI is InChI=1S/C17H29N3O/c1-6-15-12-21-13(2)11-20(15)16-9-14(7-8-18-16)10-19-17(3,4)5/h7-9,13,15,19H,6,10-12H2,1-5H3. The Bertz CT molecular complexity index is 456. The Morgan fingerprint density at radius 1 is 1.43 bits per heavy atom. The van der Waals surface area contributed by atoms with Gasteiger partial charge in [-0.25, -0.2) is 4.98 Å². The zero-order valence-corrected chi connectivity index (χ0v) is 14.0. The molecule has 118 valence electrons. The molecule has 1 saturated heterocycles. The van der Waals surface area contributed by atoms with Gasteiger partial charge in [0.05, 0.1) is 18.8 Å². The second-order valence-corrected chi connectivity index (χ2v) is 6.98. The summed E-state index contributed by atoms with van der Waals surface area (Å²) in [5.74, 6) is 1.07. The van der Waals surface area contributed by atoms with Gasteiger partial charge in [0.2, 0.25) is 0 Å². The first kappa shape index (κ1) is 16.2. The molecule has 2 heterocycles. The quantitative estimate of drug-likeness (QED) is 0.925. The van der Waals surface area contributed by atoms with Crippen LogP contribution in [0.25, 0.3) is 0 Å². The van der Waals surface area contributed by atoms with Crippen molar-refractivity contribution in [1.82, 2.24) is 10.3 Å². The molecule has 21 heavy (non-hydrogen) atoms. The highest BCUT2D eigenvalue weighted by Crippen LogP contribution is 2.22. The van der Waals surface area contributed by atoms with E-state index in [2.05, 4.69) is 62.0 Å². The second kappa shape index (κ2) is 6.75. The molecule has 4 heteroatoms. The Hall–Kier alpha value is -1.13. The van der Waals surface area contributed by atoms with Crippen LogP contribution in [-0.2, 0) is 11.3 Å². The van der Waals surface area contributed by atoms with E-state index < -0.39 is 0 Å². The summed E-state index contributed by atoms with van der Waals surface area (Å²) in [6.45, 7) is 13.5. The van der Waals surface area contributed by atoms with Crippen molar-refractivity contribution in [2.75, 3.05) is 18.1 Å². The van der Waals surface area contributed by atoms with Crippen LogP contribution in [-0.4, -0.2) is 35.8 Å². The summed E-state index contributed by atoms with van der Waals surface area (Å²) >= 11 is 0. The number of pyridine rings is 1. The molecular weight excluding hydrogens is 262 g/mol. The van der Waals surface area contributed by atoms with E-state index in [4.69, 9.17) is 4.74 Å². The predicted octanol–water partition coefficient (Wildman–Crippen LogP) is 2.97. The maximum Gasteiger partial charge on any atom is 0.129 e. The fourth-order valence-corrected chi connectivity index (χ4v) is 2.56. The second-order valence-electron chi connectivity index (χ2n) is 6.98. The number of hydrogen-bond donors (Lipinski definition) is 1. The number of anilines is 1. The zero-order chi connectivity index (χ0) is 15.5. The molecule has 0 aromatic carbocycles. The van der Waals surface area contributed by atoms with Crippen LogP contribution < -0.4 is 10.2 Å². The first-order chi connectivity index (χ1) is 9.89. The Labute approximate surface area is 128 Å². The van der Waals surface area contributed by atoms with E-state index in [1.807, 2.05) is 6.20 Å². The molecule has 0 radical (unpaired) electrons. The molecule has 0 spiro atoms. The number of nitrogens with one attached hydrogen (secondary N) is 1. The van der Waals surface area contributed by atoms with Crippen LogP contribution in [0, 0.1) is 0 Å². The van der Waals surface area contributed by atoms with E-state index in [0.717, 1.165) is 31.9 Å². The molecule has 1 aliphatic rings. The molecule has 0 bridgehead atoms. The summed E-state index contributed by atoms with van der Waals surface area (Å²) in [4.78, 5) is 6.98. The number of hydrogen-bond acceptors (Lipinski definition) is 4. The van der Waals surface area contributed by atoms with E-state index >= 15 is 0 Å². The average molecular weight is 291 g/mol. The molecular formula is C17H29N3O. The van der Waals surface area contributed by atoms with Crippen LogP contribution in [0.1, 0.15) is 46.6 Å². The number of morpholine rings is 1. The third-order valence-electron chi connectivity index (χ3n) is 3.87. The average Bonchev–Trinajstić information content (AvgIpc) is 2.45. The number of aromatic nitrogens is 1. The van der Waals surface area contributed by atoms with E-state index in [9.17, 15) is 0 Å². The Morgan fingerprint density at radius 3 is 2.86 bits per heavy atom. The van der Waals surface area contributed by atoms with Gasteiger partial charge in [-0.2, -0.15) is 0 Å². The summed E-state index contributed by atoms with van der Waals surface area (Å²) in [5.41, 5.74) is 1.41. The molecule has 2 rings (SSSR count). The molecule has 1 aliphatic heterocycles. The Balaban J connectivity index is 2.11. The summed E-state index contributed by atoms with van der Waals surface area (Å²) in [6.07, 6.45) is 3.27. The summed E-state index contributed by atoms with van der Waals surface area (Å²) in [7, 11) is 0. The SMILES string of the molecule is CCC1COC(C)CN1c1cc(CNC(C)(C)C)ccn1. The molecule has 4 nitrogen and oxygen atoms in total. The van der Waals surface area contributed by atoms with Crippen LogP contribution in [0.3, 0.4) is 0 Å². The van der Waals surface area contributed by atoms with Crippen LogP contribution in [0.2, 0.25) is 0 Å². The van der Waals surface area contributed by atoms with Gasteiger partial charge < -0.3 is 15.0 Å². The molecule has 1 aromatic heterocycles. The molecule has 1 N–H and O–H groups in total. The van der Waals surface area contributed by atoms with Crippen molar-refractivity contribution in [1.29, 1.82) is 0 Å². The molecule has 0 amide bonds. The number of rotatable bonds is 4. The van der Waals surface area contributed by atoms with Crippen molar-refractivity contribution in [3.8, 4) is 0 Å². The van der Waals surface area contributed by atoms with Crippen molar-refractivity contribution >= 4 is 5.82 Å². The van der Waals surface area contributed by atoms with Crippen LogP contribution in [0.5, 0.6) is 0 Å². The van der Waals surface area contributed by atoms with Crippen molar-refractivity contribution in [2.24, 2.45) is 0 Å². The van der Waals surface area contributed by atoms with Crippen LogP contribution in [0.15, 0.2) is 18.3 Å². The lowest BCUT2D eigenvalue weighted by Crippen LogP contribution is -2.49. The minimum Gasteiger partial charge on any atom is -0.375 e. The van der Waals surface area contributed by atoms with Crippen LogP contribution >= 0.6 is 0 Å². The molecule has 0 aliphatic carbocycles. The minimum atomic E-state index is 0.128. The fraction of sp³-hybridized carbons (Fsp3) is 0.706. The number of nitrogens with zero attached hydrogens (tertiary/aromatic N) is 2. The monoisotopic (exact) mass is 291 g/mol. The van der Waals surface area contributed by atoms with Gasteiger partial charge in [-0.1, -0.05) is 6.92 Å². The predicted molar refractivity (Wildman–Crippen MR) is 87.7 cm³/mol. The molecule has 2 unspecified atom stereocenters.